The highest BCUT2D eigenvalue weighted by Gasteiger charge is 2.32. The van der Waals surface area contributed by atoms with E-state index in [1.54, 1.807) is 36.0 Å². The van der Waals surface area contributed by atoms with E-state index in [0.29, 0.717) is 16.5 Å². The summed E-state index contributed by atoms with van der Waals surface area (Å²) in [5, 5.41) is 18.1. The van der Waals surface area contributed by atoms with Gasteiger partial charge in [0, 0.05) is 48.7 Å². The number of nitrogens with zero attached hydrogens (tertiary/aromatic N) is 4. The number of nitrogens with one attached hydrogen (secondary N) is 3. The quantitative estimate of drug-likeness (QED) is 0.376. The molecule has 2 aromatic heterocycles. The second-order valence-corrected chi connectivity index (χ2v) is 10.6. The van der Waals surface area contributed by atoms with Crippen LogP contribution in [-0.4, -0.2) is 52.3 Å². The van der Waals surface area contributed by atoms with Crippen LogP contribution in [0.5, 0.6) is 0 Å². The van der Waals surface area contributed by atoms with Crippen LogP contribution in [-0.2, 0) is 6.18 Å². The number of alkyl halides is 3. The first-order chi connectivity index (χ1) is 18.3. The predicted octanol–water partition coefficient (Wildman–Crippen LogP) is 5.19. The average molecular weight is 546 g/mol. The molecular formula is C26H30F3N7OS. The summed E-state index contributed by atoms with van der Waals surface area (Å²) < 4.78 is 38.9. The Morgan fingerprint density at radius 2 is 1.82 bits per heavy atom. The molecule has 202 valence electrons. The SMILES string of the molecule is O=C(Nc1nncs1)c1ccnc(N[C@@H]2CCCC[C@H]2N[C@H]2CCCN(c3ccc(C(F)(F)F)cc3)C2)c1. The smallest absolute Gasteiger partial charge is 0.370 e. The number of carbonyl (C=O) groups is 1. The molecular weight excluding hydrogens is 515 g/mol. The molecule has 2 fully saturated rings. The lowest BCUT2D eigenvalue weighted by atomic mass is 9.89. The number of carbonyl (C=O) groups excluding carboxylic acids is 1. The van der Waals surface area contributed by atoms with Gasteiger partial charge in [-0.1, -0.05) is 24.2 Å². The summed E-state index contributed by atoms with van der Waals surface area (Å²) in [6, 6.07) is 9.46. The van der Waals surface area contributed by atoms with Crippen molar-refractivity contribution in [3.05, 3.63) is 59.2 Å². The van der Waals surface area contributed by atoms with Crippen LogP contribution in [0.15, 0.2) is 48.1 Å². The van der Waals surface area contributed by atoms with Gasteiger partial charge in [0.2, 0.25) is 5.13 Å². The van der Waals surface area contributed by atoms with Gasteiger partial charge in [0.1, 0.15) is 11.3 Å². The highest BCUT2D eigenvalue weighted by Crippen LogP contribution is 2.31. The third-order valence-corrected chi connectivity index (χ3v) is 7.74. The van der Waals surface area contributed by atoms with Crippen molar-refractivity contribution in [3.8, 4) is 0 Å². The molecule has 2 aliphatic rings. The molecule has 0 radical (unpaired) electrons. The van der Waals surface area contributed by atoms with Gasteiger partial charge in [-0.05, 0) is 62.1 Å². The molecule has 3 aromatic rings. The summed E-state index contributed by atoms with van der Waals surface area (Å²) in [4.78, 5) is 19.2. The van der Waals surface area contributed by atoms with Gasteiger partial charge < -0.3 is 15.5 Å². The van der Waals surface area contributed by atoms with Crippen molar-refractivity contribution < 1.29 is 18.0 Å². The van der Waals surface area contributed by atoms with Crippen molar-refractivity contribution in [3.63, 3.8) is 0 Å². The van der Waals surface area contributed by atoms with Crippen LogP contribution in [0.4, 0.5) is 29.8 Å². The van der Waals surface area contributed by atoms with Crippen molar-refractivity contribution >= 4 is 33.9 Å². The Kier molecular flexibility index (Phi) is 8.08. The van der Waals surface area contributed by atoms with Crippen molar-refractivity contribution in [1.29, 1.82) is 0 Å². The number of rotatable bonds is 7. The number of aromatic nitrogens is 3. The lowest BCUT2D eigenvalue weighted by Crippen LogP contribution is -2.55. The molecule has 1 saturated carbocycles. The summed E-state index contributed by atoms with van der Waals surface area (Å²) in [6.45, 7) is 1.57. The monoisotopic (exact) mass is 545 g/mol. The lowest BCUT2D eigenvalue weighted by Gasteiger charge is -2.40. The molecule has 1 aliphatic carbocycles. The molecule has 3 heterocycles. The van der Waals surface area contributed by atoms with Gasteiger partial charge in [-0.2, -0.15) is 13.2 Å². The van der Waals surface area contributed by atoms with Gasteiger partial charge >= 0.3 is 6.18 Å². The molecule has 0 spiro atoms. The van der Waals surface area contributed by atoms with Crippen molar-refractivity contribution in [2.45, 2.75) is 62.8 Å². The largest absolute Gasteiger partial charge is 0.416 e. The Bertz CT molecular complexity index is 1210. The molecule has 1 saturated heterocycles. The zero-order valence-corrected chi connectivity index (χ0v) is 21.6. The van der Waals surface area contributed by atoms with E-state index in [1.807, 2.05) is 0 Å². The molecule has 1 aromatic carbocycles. The third-order valence-electron chi connectivity index (χ3n) is 7.13. The van der Waals surface area contributed by atoms with Gasteiger partial charge in [0.25, 0.3) is 5.91 Å². The van der Waals surface area contributed by atoms with Crippen molar-refractivity contribution in [2.24, 2.45) is 0 Å². The average Bonchev–Trinajstić information content (AvgIpc) is 3.43. The van der Waals surface area contributed by atoms with Crippen molar-refractivity contribution in [2.75, 3.05) is 28.6 Å². The molecule has 8 nitrogen and oxygen atoms in total. The molecule has 3 N–H and O–H groups in total. The van der Waals surface area contributed by atoms with E-state index < -0.39 is 11.7 Å². The van der Waals surface area contributed by atoms with Gasteiger partial charge in [0.15, 0.2) is 0 Å². The Balaban J connectivity index is 1.20. The summed E-state index contributed by atoms with van der Waals surface area (Å²) in [6.07, 6.45) is 3.51. The topological polar surface area (TPSA) is 95.1 Å². The van der Waals surface area contributed by atoms with Gasteiger partial charge in [-0.15, -0.1) is 10.2 Å². The first-order valence-corrected chi connectivity index (χ1v) is 13.7. The summed E-state index contributed by atoms with van der Waals surface area (Å²) in [5.74, 6) is 0.375. The number of benzene rings is 1. The molecule has 12 heteroatoms. The Labute approximate surface area is 223 Å². The standard InChI is InChI=1S/C26H30F3N7OS/c27-26(28,29)18-7-9-20(10-8-18)36-13-3-4-19(15-36)32-21-5-1-2-6-22(21)33-23-14-17(11-12-30-23)24(37)34-25-35-31-16-38-25/h7-12,14,16,19,21-22,32H,1-6,13,15H2,(H,30,33)(H,34,35,37)/t19-,21+,22+/m0/s1. The van der Waals surface area contributed by atoms with E-state index >= 15 is 0 Å². The van der Waals surface area contributed by atoms with Crippen molar-refractivity contribution in [1.82, 2.24) is 20.5 Å². The highest BCUT2D eigenvalue weighted by molar-refractivity contribution is 7.13. The van der Waals surface area contributed by atoms with E-state index in [2.05, 4.69) is 36.0 Å². The van der Waals surface area contributed by atoms with Crippen LogP contribution in [0.1, 0.15) is 54.4 Å². The summed E-state index contributed by atoms with van der Waals surface area (Å²) in [7, 11) is 0. The number of hydrogen-bond acceptors (Lipinski definition) is 8. The second-order valence-electron chi connectivity index (χ2n) is 9.77. The maximum atomic E-state index is 13.0. The maximum absolute atomic E-state index is 13.0. The molecule has 0 unspecified atom stereocenters. The third kappa shape index (κ3) is 6.60. The van der Waals surface area contributed by atoms with E-state index in [1.165, 1.54) is 11.3 Å². The number of pyridine rings is 1. The van der Waals surface area contributed by atoms with Crippen LogP contribution in [0.25, 0.3) is 0 Å². The summed E-state index contributed by atoms with van der Waals surface area (Å²) >= 11 is 1.25. The Morgan fingerprint density at radius 1 is 1.03 bits per heavy atom. The molecule has 3 atom stereocenters. The van der Waals surface area contributed by atoms with Crippen LogP contribution in [0.2, 0.25) is 0 Å². The van der Waals surface area contributed by atoms with E-state index in [9.17, 15) is 18.0 Å². The molecule has 1 amide bonds. The fourth-order valence-electron chi connectivity index (χ4n) is 5.25. The number of hydrogen-bond donors (Lipinski definition) is 3. The maximum Gasteiger partial charge on any atom is 0.416 e. The fraction of sp³-hybridized carbons (Fsp3) is 0.462. The Hall–Kier alpha value is -3.25. The zero-order chi connectivity index (χ0) is 26.5. The number of amides is 1. The molecule has 1 aliphatic heterocycles. The van der Waals surface area contributed by atoms with Gasteiger partial charge in [-0.3, -0.25) is 10.1 Å². The first kappa shape index (κ1) is 26.4. The molecule has 38 heavy (non-hydrogen) atoms. The van der Waals surface area contributed by atoms with Crippen LogP contribution in [0.3, 0.4) is 0 Å². The fourth-order valence-corrected chi connectivity index (χ4v) is 5.69. The number of piperidine rings is 1. The lowest BCUT2D eigenvalue weighted by molar-refractivity contribution is -0.137. The van der Waals surface area contributed by atoms with Gasteiger partial charge in [-0.25, -0.2) is 4.98 Å². The Morgan fingerprint density at radius 3 is 2.55 bits per heavy atom. The second kappa shape index (κ2) is 11.6. The minimum Gasteiger partial charge on any atom is -0.370 e. The minimum absolute atomic E-state index is 0.152. The van der Waals surface area contributed by atoms with Crippen LogP contribution in [0, 0.1) is 0 Å². The normalized spacial score (nSPS) is 22.2. The first-order valence-electron chi connectivity index (χ1n) is 12.8. The van der Waals surface area contributed by atoms with E-state index in [-0.39, 0.29) is 24.0 Å². The molecule has 0 bridgehead atoms. The highest BCUT2D eigenvalue weighted by atomic mass is 32.1. The van der Waals surface area contributed by atoms with E-state index in [4.69, 9.17) is 0 Å². The number of halogens is 3. The van der Waals surface area contributed by atoms with Crippen LogP contribution < -0.4 is 20.9 Å². The summed E-state index contributed by atoms with van der Waals surface area (Å²) in [5.41, 5.74) is 2.23. The van der Waals surface area contributed by atoms with E-state index in [0.717, 1.165) is 69.4 Å². The molecule has 5 rings (SSSR count). The number of anilines is 3. The van der Waals surface area contributed by atoms with Crippen LogP contribution >= 0.6 is 11.3 Å². The minimum atomic E-state index is -4.33. The van der Waals surface area contributed by atoms with Gasteiger partial charge in [0.05, 0.1) is 5.56 Å². The zero-order valence-electron chi connectivity index (χ0n) is 20.7. The predicted molar refractivity (Wildman–Crippen MR) is 142 cm³/mol.